The van der Waals surface area contributed by atoms with E-state index in [1.165, 1.54) is 17.4 Å². The number of hydrogen-bond donors (Lipinski definition) is 0. The Balaban J connectivity index is 1.20. The third-order valence-corrected chi connectivity index (χ3v) is 8.86. The lowest BCUT2D eigenvalue weighted by molar-refractivity contribution is -0.137. The van der Waals surface area contributed by atoms with Gasteiger partial charge in [0.2, 0.25) is 0 Å². The van der Waals surface area contributed by atoms with Crippen molar-refractivity contribution in [2.24, 2.45) is 11.8 Å². The molecular weight excluding hydrogens is 495 g/mol. The van der Waals surface area contributed by atoms with Gasteiger partial charge in [-0.25, -0.2) is 4.98 Å². The summed E-state index contributed by atoms with van der Waals surface area (Å²) in [4.78, 5) is 33.3. The van der Waals surface area contributed by atoms with Crippen LogP contribution >= 0.6 is 34.3 Å². The number of amides is 2. The highest BCUT2D eigenvalue weighted by molar-refractivity contribution is 7.21. The van der Waals surface area contributed by atoms with Gasteiger partial charge in [-0.1, -0.05) is 17.7 Å². The minimum atomic E-state index is -4.45. The highest BCUT2D eigenvalue weighted by Gasteiger charge is 2.39. The van der Waals surface area contributed by atoms with Crippen molar-refractivity contribution in [1.82, 2.24) is 14.8 Å². The Kier molecular flexibility index (Phi) is 5.86. The van der Waals surface area contributed by atoms with Crippen LogP contribution in [0.3, 0.4) is 0 Å². The van der Waals surface area contributed by atoms with Gasteiger partial charge in [0.1, 0.15) is 4.88 Å². The van der Waals surface area contributed by atoms with Crippen LogP contribution in [0.15, 0.2) is 29.8 Å². The maximum absolute atomic E-state index is 13.1. The number of carbonyl (C=O) groups is 2. The van der Waals surface area contributed by atoms with Gasteiger partial charge in [0.05, 0.1) is 10.6 Å². The van der Waals surface area contributed by atoms with Crippen molar-refractivity contribution in [2.45, 2.75) is 19.0 Å². The third kappa shape index (κ3) is 4.24. The van der Waals surface area contributed by atoms with E-state index in [0.29, 0.717) is 53.1 Å². The molecule has 0 unspecified atom stereocenters. The molecule has 0 saturated carbocycles. The van der Waals surface area contributed by atoms with Gasteiger partial charge in [-0.3, -0.25) is 9.59 Å². The fourth-order valence-electron chi connectivity index (χ4n) is 4.54. The van der Waals surface area contributed by atoms with Crippen molar-refractivity contribution in [1.29, 1.82) is 0 Å². The molecule has 0 N–H and O–H groups in total. The molecule has 0 aliphatic carbocycles. The first-order valence-corrected chi connectivity index (χ1v) is 12.6. The summed E-state index contributed by atoms with van der Waals surface area (Å²) in [6.07, 6.45) is -1.16. The molecular formula is C22H19ClF3N3O2S2. The minimum absolute atomic E-state index is 0.0260. The molecule has 2 aromatic heterocycles. The van der Waals surface area contributed by atoms with Crippen molar-refractivity contribution in [3.05, 3.63) is 50.2 Å². The van der Waals surface area contributed by atoms with Gasteiger partial charge >= 0.3 is 6.18 Å². The second-order valence-electron chi connectivity index (χ2n) is 8.39. The molecule has 2 fully saturated rings. The molecule has 3 aromatic rings. The van der Waals surface area contributed by atoms with E-state index in [9.17, 15) is 22.8 Å². The van der Waals surface area contributed by atoms with E-state index in [-0.39, 0.29) is 21.7 Å². The number of thiazole rings is 1. The predicted octanol–water partition coefficient (Wildman–Crippen LogP) is 5.65. The van der Waals surface area contributed by atoms with Crippen molar-refractivity contribution in [2.75, 3.05) is 26.2 Å². The number of likely N-dealkylation sites (tertiary alicyclic amines) is 2. The Hall–Kier alpha value is -2.17. The number of aromatic nitrogens is 1. The Morgan fingerprint density at radius 3 is 2.42 bits per heavy atom. The average molecular weight is 514 g/mol. The zero-order chi connectivity index (χ0) is 23.3. The second-order valence-corrected chi connectivity index (χ2v) is 10.7. The summed E-state index contributed by atoms with van der Waals surface area (Å²) >= 11 is 8.72. The Bertz CT molecular complexity index is 1200. The average Bonchev–Trinajstić information content (AvgIpc) is 3.40. The number of rotatable bonds is 3. The number of piperidine rings is 1. The number of thiophene rings is 1. The number of halogens is 4. The van der Waals surface area contributed by atoms with E-state index in [1.54, 1.807) is 16.5 Å². The molecule has 5 rings (SSSR count). The second kappa shape index (κ2) is 8.56. The molecule has 2 aliphatic heterocycles. The summed E-state index contributed by atoms with van der Waals surface area (Å²) in [5, 5.41) is 2.98. The van der Waals surface area contributed by atoms with Gasteiger partial charge < -0.3 is 9.80 Å². The molecule has 5 nitrogen and oxygen atoms in total. The van der Waals surface area contributed by atoms with E-state index in [2.05, 4.69) is 4.98 Å². The van der Waals surface area contributed by atoms with Gasteiger partial charge in [-0.05, 0) is 36.8 Å². The monoisotopic (exact) mass is 513 g/mol. The first-order valence-electron chi connectivity index (χ1n) is 10.5. The van der Waals surface area contributed by atoms with Crippen molar-refractivity contribution >= 4 is 56.2 Å². The third-order valence-electron chi connectivity index (χ3n) is 6.46. The first kappa shape index (κ1) is 22.6. The fourth-order valence-corrected chi connectivity index (χ4v) is 6.66. The Morgan fingerprint density at radius 1 is 1.06 bits per heavy atom. The lowest BCUT2D eigenvalue weighted by Gasteiger charge is -2.45. The number of benzene rings is 1. The van der Waals surface area contributed by atoms with Crippen LogP contribution in [0.4, 0.5) is 13.2 Å². The number of alkyl halides is 3. The Labute approximate surface area is 200 Å². The summed E-state index contributed by atoms with van der Waals surface area (Å²) in [7, 11) is 0. The molecule has 2 aliphatic rings. The lowest BCUT2D eigenvalue weighted by atomic mass is 9.79. The predicted molar refractivity (Wildman–Crippen MR) is 122 cm³/mol. The van der Waals surface area contributed by atoms with Crippen molar-refractivity contribution < 1.29 is 22.8 Å². The molecule has 1 aromatic carbocycles. The summed E-state index contributed by atoms with van der Waals surface area (Å²) in [6, 6.07) is 3.36. The molecule has 0 bridgehead atoms. The number of carbonyl (C=O) groups excluding carboxylic acids is 2. The van der Waals surface area contributed by atoms with Gasteiger partial charge in [-0.15, -0.1) is 22.7 Å². The van der Waals surface area contributed by atoms with E-state index < -0.39 is 11.7 Å². The molecule has 0 atom stereocenters. The van der Waals surface area contributed by atoms with Gasteiger partial charge in [0.15, 0.2) is 5.01 Å². The van der Waals surface area contributed by atoms with Crippen LogP contribution in [-0.2, 0) is 6.18 Å². The van der Waals surface area contributed by atoms with Crippen LogP contribution in [0, 0.1) is 11.8 Å². The van der Waals surface area contributed by atoms with E-state index in [4.69, 9.17) is 11.6 Å². The topological polar surface area (TPSA) is 53.5 Å². The van der Waals surface area contributed by atoms with Crippen LogP contribution in [0.25, 0.3) is 10.1 Å². The summed E-state index contributed by atoms with van der Waals surface area (Å²) < 4.78 is 39.4. The molecule has 174 valence electrons. The van der Waals surface area contributed by atoms with Crippen LogP contribution in [0.1, 0.15) is 37.9 Å². The van der Waals surface area contributed by atoms with Crippen LogP contribution in [0.5, 0.6) is 0 Å². The standard InChI is InChI=1S/C22H19ClF3N3O2S2/c23-17-15-2-1-14(22(24,25)26)9-16(15)33-18(17)20(30)28-6-3-12(4-7-28)13-10-29(11-13)21(31)19-27-5-8-32-19/h1-2,5,8-9,12-13H,3-4,6-7,10-11H2. The van der Waals surface area contributed by atoms with Gasteiger partial charge in [0.25, 0.3) is 11.8 Å². The lowest BCUT2D eigenvalue weighted by Crippen LogP contribution is -2.54. The van der Waals surface area contributed by atoms with Crippen molar-refractivity contribution in [3.8, 4) is 0 Å². The molecule has 33 heavy (non-hydrogen) atoms. The molecule has 4 heterocycles. The van der Waals surface area contributed by atoms with Crippen LogP contribution in [0.2, 0.25) is 5.02 Å². The number of fused-ring (bicyclic) bond motifs is 1. The SMILES string of the molecule is O=C(c1nccs1)N1CC(C2CCN(C(=O)c3sc4cc(C(F)(F)F)ccc4c3Cl)CC2)C1. The van der Waals surface area contributed by atoms with E-state index >= 15 is 0 Å². The molecule has 2 saturated heterocycles. The number of nitrogens with zero attached hydrogens (tertiary/aromatic N) is 3. The maximum atomic E-state index is 13.1. The van der Waals surface area contributed by atoms with Crippen LogP contribution in [-0.4, -0.2) is 52.8 Å². The van der Waals surface area contributed by atoms with Gasteiger partial charge in [0, 0.05) is 47.8 Å². The summed E-state index contributed by atoms with van der Waals surface area (Å²) in [5.74, 6) is 0.589. The Morgan fingerprint density at radius 2 is 1.79 bits per heavy atom. The normalized spacial score (nSPS) is 18.1. The largest absolute Gasteiger partial charge is 0.416 e. The molecule has 11 heteroatoms. The highest BCUT2D eigenvalue weighted by atomic mass is 35.5. The summed E-state index contributed by atoms with van der Waals surface area (Å²) in [6.45, 7) is 2.55. The first-order chi connectivity index (χ1) is 15.7. The minimum Gasteiger partial charge on any atom is -0.338 e. The fraction of sp³-hybridized carbons (Fsp3) is 0.409. The van der Waals surface area contributed by atoms with Crippen molar-refractivity contribution in [3.63, 3.8) is 0 Å². The zero-order valence-corrected chi connectivity index (χ0v) is 19.7. The molecule has 0 radical (unpaired) electrons. The molecule has 2 amide bonds. The van der Waals surface area contributed by atoms with E-state index in [1.807, 2.05) is 4.90 Å². The quantitative estimate of drug-likeness (QED) is 0.454. The zero-order valence-electron chi connectivity index (χ0n) is 17.3. The molecule has 0 spiro atoms. The highest BCUT2D eigenvalue weighted by Crippen LogP contribution is 2.40. The van der Waals surface area contributed by atoms with Gasteiger partial charge in [-0.2, -0.15) is 13.2 Å². The summed E-state index contributed by atoms with van der Waals surface area (Å²) in [5.41, 5.74) is -0.754. The smallest absolute Gasteiger partial charge is 0.338 e. The number of hydrogen-bond acceptors (Lipinski definition) is 5. The van der Waals surface area contributed by atoms with E-state index in [0.717, 1.165) is 36.3 Å². The van der Waals surface area contributed by atoms with Crippen LogP contribution < -0.4 is 0 Å². The maximum Gasteiger partial charge on any atom is 0.416 e.